The Morgan fingerprint density at radius 1 is 1.24 bits per heavy atom. The van der Waals surface area contributed by atoms with E-state index in [-0.39, 0.29) is 12.6 Å². The van der Waals surface area contributed by atoms with Gasteiger partial charge in [-0.1, -0.05) is 30.4 Å². The zero-order valence-electron chi connectivity index (χ0n) is 14.5. The average Bonchev–Trinajstić information content (AvgIpc) is 2.59. The first kappa shape index (κ1) is 18.5. The number of hydrogen-bond donors (Lipinski definition) is 2. The number of nitrogens with one attached hydrogen (secondary N) is 2. The Kier molecular flexibility index (Phi) is 6.59. The van der Waals surface area contributed by atoms with Crippen LogP contribution >= 0.6 is 0 Å². The number of carbonyl (C=O) groups is 2. The van der Waals surface area contributed by atoms with Crippen LogP contribution in [0.1, 0.15) is 12.5 Å². The summed E-state index contributed by atoms with van der Waals surface area (Å²) in [7, 11) is 3.11. The summed E-state index contributed by atoms with van der Waals surface area (Å²) in [6.45, 7) is 2.11. The van der Waals surface area contributed by atoms with Crippen LogP contribution < -0.4 is 15.4 Å². The van der Waals surface area contributed by atoms with Crippen molar-refractivity contribution in [2.24, 2.45) is 0 Å². The number of rotatable bonds is 7. The van der Waals surface area contributed by atoms with Crippen molar-refractivity contribution in [3.8, 4) is 5.75 Å². The van der Waals surface area contributed by atoms with E-state index in [1.54, 1.807) is 26.2 Å². The van der Waals surface area contributed by atoms with Crippen molar-refractivity contribution in [3.05, 3.63) is 47.2 Å². The van der Waals surface area contributed by atoms with Gasteiger partial charge in [0.25, 0.3) is 0 Å². The molecular weight excluding hydrogens is 324 g/mol. The van der Waals surface area contributed by atoms with Gasteiger partial charge in [0, 0.05) is 18.4 Å². The minimum Gasteiger partial charge on any atom is -0.496 e. The molecule has 2 amide bonds. The third kappa shape index (κ3) is 4.84. The normalized spacial score (nSPS) is 17.2. The van der Waals surface area contributed by atoms with E-state index < -0.39 is 12.0 Å². The second-order valence-corrected chi connectivity index (χ2v) is 5.34. The first-order valence-electron chi connectivity index (χ1n) is 7.82. The van der Waals surface area contributed by atoms with Crippen molar-refractivity contribution in [2.75, 3.05) is 27.4 Å². The largest absolute Gasteiger partial charge is 0.496 e. The molecule has 0 aliphatic carbocycles. The Morgan fingerprint density at radius 3 is 2.72 bits per heavy atom. The van der Waals surface area contributed by atoms with Crippen molar-refractivity contribution in [3.63, 3.8) is 0 Å². The Hall–Kier alpha value is -2.80. The molecule has 1 atom stereocenters. The molecule has 0 saturated heterocycles. The van der Waals surface area contributed by atoms with E-state index in [1.807, 2.05) is 24.3 Å². The fourth-order valence-electron chi connectivity index (χ4n) is 2.44. The van der Waals surface area contributed by atoms with Gasteiger partial charge in [-0.2, -0.15) is 0 Å². The minimum atomic E-state index is -0.603. The molecular formula is C18H22N2O5. The summed E-state index contributed by atoms with van der Waals surface area (Å²) in [5.41, 5.74) is 1.64. The number of amides is 2. The second-order valence-electron chi connectivity index (χ2n) is 5.34. The van der Waals surface area contributed by atoms with Crippen LogP contribution in [0.3, 0.4) is 0 Å². The zero-order chi connectivity index (χ0) is 18.2. The maximum Gasteiger partial charge on any atom is 0.338 e. The molecule has 1 heterocycles. The Bertz CT molecular complexity index is 696. The lowest BCUT2D eigenvalue weighted by atomic mass is 10.0. The van der Waals surface area contributed by atoms with Crippen molar-refractivity contribution in [2.45, 2.75) is 13.0 Å². The second kappa shape index (κ2) is 8.89. The number of carbonyl (C=O) groups excluding carboxylic acids is 2. The van der Waals surface area contributed by atoms with E-state index in [0.29, 0.717) is 23.6 Å². The maximum absolute atomic E-state index is 12.3. The molecule has 1 aromatic carbocycles. The Balaban J connectivity index is 2.23. The molecule has 134 valence electrons. The summed E-state index contributed by atoms with van der Waals surface area (Å²) in [6.07, 6.45) is 3.53. The minimum absolute atomic E-state index is 0.142. The standard InChI is InChI=1S/C18H22N2O5/c1-12-16(17(21)25-11-10-23-2)14(20-18(22)19-12)9-8-13-6-4-5-7-15(13)24-3/h4-9,14H,10-11H2,1-3H3,(H2,19,20,22)/b9-8+. The van der Waals surface area contributed by atoms with Crippen LogP contribution in [0.2, 0.25) is 0 Å². The number of esters is 1. The molecule has 0 aromatic heterocycles. The van der Waals surface area contributed by atoms with Crippen LogP contribution in [-0.4, -0.2) is 45.5 Å². The van der Waals surface area contributed by atoms with Crippen molar-refractivity contribution in [1.82, 2.24) is 10.6 Å². The van der Waals surface area contributed by atoms with Gasteiger partial charge >= 0.3 is 12.0 Å². The topological polar surface area (TPSA) is 85.9 Å². The fourth-order valence-corrected chi connectivity index (χ4v) is 2.44. The number of hydrogen-bond acceptors (Lipinski definition) is 5. The predicted octanol–water partition coefficient (Wildman–Crippen LogP) is 1.85. The molecule has 0 fully saturated rings. The average molecular weight is 346 g/mol. The number of methoxy groups -OCH3 is 2. The fraction of sp³-hybridized carbons (Fsp3) is 0.333. The molecule has 7 heteroatoms. The van der Waals surface area contributed by atoms with Crippen LogP contribution in [0.15, 0.2) is 41.6 Å². The molecule has 0 radical (unpaired) electrons. The quantitative estimate of drug-likeness (QED) is 0.581. The lowest BCUT2D eigenvalue weighted by Gasteiger charge is -2.25. The lowest BCUT2D eigenvalue weighted by Crippen LogP contribution is -2.49. The highest BCUT2D eigenvalue weighted by molar-refractivity contribution is 5.95. The van der Waals surface area contributed by atoms with Gasteiger partial charge in [0.2, 0.25) is 0 Å². The van der Waals surface area contributed by atoms with E-state index in [1.165, 1.54) is 7.11 Å². The monoisotopic (exact) mass is 346 g/mol. The van der Waals surface area contributed by atoms with Gasteiger partial charge < -0.3 is 24.8 Å². The van der Waals surface area contributed by atoms with E-state index in [4.69, 9.17) is 14.2 Å². The number of para-hydroxylation sites is 1. The van der Waals surface area contributed by atoms with Crippen LogP contribution in [0.4, 0.5) is 4.79 Å². The van der Waals surface area contributed by atoms with Gasteiger partial charge in [-0.05, 0) is 13.0 Å². The van der Waals surface area contributed by atoms with Gasteiger partial charge in [0.1, 0.15) is 12.4 Å². The van der Waals surface area contributed by atoms with Crippen molar-refractivity contribution in [1.29, 1.82) is 0 Å². The smallest absolute Gasteiger partial charge is 0.338 e. The van der Waals surface area contributed by atoms with Gasteiger partial charge in [-0.25, -0.2) is 9.59 Å². The summed E-state index contributed by atoms with van der Waals surface area (Å²) < 4.78 is 15.4. The maximum atomic E-state index is 12.3. The number of benzene rings is 1. The predicted molar refractivity (Wildman–Crippen MR) is 93.0 cm³/mol. The van der Waals surface area contributed by atoms with Crippen LogP contribution in [-0.2, 0) is 14.3 Å². The van der Waals surface area contributed by atoms with Gasteiger partial charge in [0.15, 0.2) is 0 Å². The molecule has 2 N–H and O–H groups in total. The van der Waals surface area contributed by atoms with Crippen molar-refractivity contribution >= 4 is 18.1 Å². The molecule has 0 bridgehead atoms. The highest BCUT2D eigenvalue weighted by atomic mass is 16.6. The number of ether oxygens (including phenoxy) is 3. The Labute approximate surface area is 146 Å². The summed E-state index contributed by atoms with van der Waals surface area (Å²) >= 11 is 0. The molecule has 1 aliphatic rings. The third-order valence-electron chi connectivity index (χ3n) is 3.65. The highest BCUT2D eigenvalue weighted by Gasteiger charge is 2.29. The molecule has 1 aliphatic heterocycles. The van der Waals surface area contributed by atoms with Gasteiger partial charge in [0.05, 0.1) is 25.3 Å². The lowest BCUT2D eigenvalue weighted by molar-refractivity contribution is -0.140. The number of urea groups is 1. The molecule has 7 nitrogen and oxygen atoms in total. The molecule has 1 unspecified atom stereocenters. The van der Waals surface area contributed by atoms with E-state index >= 15 is 0 Å². The van der Waals surface area contributed by atoms with E-state index in [2.05, 4.69) is 10.6 Å². The summed E-state index contributed by atoms with van der Waals surface area (Å²) in [4.78, 5) is 24.1. The summed E-state index contributed by atoms with van der Waals surface area (Å²) in [5, 5.41) is 5.30. The summed E-state index contributed by atoms with van der Waals surface area (Å²) in [5.74, 6) is 0.195. The first-order valence-corrected chi connectivity index (χ1v) is 7.82. The van der Waals surface area contributed by atoms with E-state index in [9.17, 15) is 9.59 Å². The first-order chi connectivity index (χ1) is 12.1. The van der Waals surface area contributed by atoms with Crippen molar-refractivity contribution < 1.29 is 23.8 Å². The van der Waals surface area contributed by atoms with Crippen LogP contribution in [0.5, 0.6) is 5.75 Å². The SMILES string of the molecule is COCCOC(=O)C1=C(C)NC(=O)NC1/C=C/c1ccccc1OC. The molecule has 25 heavy (non-hydrogen) atoms. The van der Waals surface area contributed by atoms with Crippen LogP contribution in [0, 0.1) is 0 Å². The molecule has 1 aromatic rings. The zero-order valence-corrected chi connectivity index (χ0v) is 14.5. The summed E-state index contributed by atoms with van der Waals surface area (Å²) in [6, 6.07) is 6.48. The molecule has 2 rings (SSSR count). The van der Waals surface area contributed by atoms with Gasteiger partial charge in [-0.3, -0.25) is 0 Å². The Morgan fingerprint density at radius 2 is 2.00 bits per heavy atom. The molecule has 0 saturated carbocycles. The van der Waals surface area contributed by atoms with E-state index in [0.717, 1.165) is 5.56 Å². The van der Waals surface area contributed by atoms with Crippen LogP contribution in [0.25, 0.3) is 6.08 Å². The highest BCUT2D eigenvalue weighted by Crippen LogP contribution is 2.21. The molecule has 0 spiro atoms. The third-order valence-corrected chi connectivity index (χ3v) is 3.65. The number of allylic oxidation sites excluding steroid dienone is 1. The van der Waals surface area contributed by atoms with Gasteiger partial charge in [-0.15, -0.1) is 0 Å².